The van der Waals surface area contributed by atoms with Crippen molar-refractivity contribution in [2.45, 2.75) is 26.3 Å². The molecular formula is C11H14N2O3. The summed E-state index contributed by atoms with van der Waals surface area (Å²) in [5.41, 5.74) is 0.135. The summed E-state index contributed by atoms with van der Waals surface area (Å²) in [4.78, 5) is 15.2. The average molecular weight is 222 g/mol. The zero-order valence-electron chi connectivity index (χ0n) is 9.32. The second kappa shape index (κ2) is 5.81. The topological polar surface area (TPSA) is 64.4 Å². The molecule has 1 atom stereocenters. The van der Waals surface area contributed by atoms with E-state index in [1.54, 1.807) is 6.92 Å². The van der Waals surface area contributed by atoms with E-state index in [0.29, 0.717) is 6.61 Å². The molecule has 1 heterocycles. The van der Waals surface area contributed by atoms with Crippen LogP contribution in [0.4, 0.5) is 6.01 Å². The Morgan fingerprint density at radius 2 is 2.50 bits per heavy atom. The average Bonchev–Trinajstić information content (AvgIpc) is 2.74. The van der Waals surface area contributed by atoms with Crippen LogP contribution in [0.25, 0.3) is 0 Å². The zero-order valence-corrected chi connectivity index (χ0v) is 9.32. The number of nitrogens with one attached hydrogen (secondary N) is 1. The van der Waals surface area contributed by atoms with Crippen molar-refractivity contribution in [3.63, 3.8) is 0 Å². The van der Waals surface area contributed by atoms with E-state index in [1.165, 1.54) is 6.26 Å². The predicted molar refractivity (Wildman–Crippen MR) is 59.0 cm³/mol. The summed E-state index contributed by atoms with van der Waals surface area (Å²) in [6, 6.07) is 0.0709. The lowest BCUT2D eigenvalue weighted by Crippen LogP contribution is -2.16. The Balaban J connectivity index is 2.65. The van der Waals surface area contributed by atoms with Gasteiger partial charge in [0.25, 0.3) is 6.01 Å². The third-order valence-corrected chi connectivity index (χ3v) is 1.90. The molecular weight excluding hydrogens is 208 g/mol. The van der Waals surface area contributed by atoms with Gasteiger partial charge in [0.1, 0.15) is 6.26 Å². The minimum atomic E-state index is -0.506. The van der Waals surface area contributed by atoms with Gasteiger partial charge in [-0.3, -0.25) is 0 Å². The molecule has 1 aromatic heterocycles. The number of oxazole rings is 1. The van der Waals surface area contributed by atoms with Gasteiger partial charge in [-0.2, -0.15) is 4.98 Å². The number of esters is 1. The van der Waals surface area contributed by atoms with Crippen LogP contribution < -0.4 is 5.32 Å². The second-order valence-electron chi connectivity index (χ2n) is 3.03. The summed E-state index contributed by atoms with van der Waals surface area (Å²) in [7, 11) is 0. The van der Waals surface area contributed by atoms with Gasteiger partial charge in [0.15, 0.2) is 5.69 Å². The molecule has 0 saturated carbocycles. The summed E-state index contributed by atoms with van der Waals surface area (Å²) in [6.07, 6.45) is 7.26. The van der Waals surface area contributed by atoms with Crippen LogP contribution in [0.5, 0.6) is 0 Å². The van der Waals surface area contributed by atoms with Crippen molar-refractivity contribution < 1.29 is 13.9 Å². The molecule has 0 aliphatic rings. The van der Waals surface area contributed by atoms with Crippen molar-refractivity contribution >= 4 is 12.0 Å². The SMILES string of the molecule is C#CC(CC)Nc1nc(C(=O)OCC)co1. The monoisotopic (exact) mass is 222 g/mol. The lowest BCUT2D eigenvalue weighted by atomic mass is 10.2. The number of ether oxygens (including phenoxy) is 1. The molecule has 0 aliphatic heterocycles. The number of carbonyl (C=O) groups is 1. The van der Waals surface area contributed by atoms with Crippen LogP contribution in [0, 0.1) is 12.3 Å². The van der Waals surface area contributed by atoms with Crippen LogP contribution in [0.15, 0.2) is 10.7 Å². The van der Waals surface area contributed by atoms with Crippen molar-refractivity contribution in [3.05, 3.63) is 12.0 Å². The van der Waals surface area contributed by atoms with Gasteiger partial charge in [0.05, 0.1) is 12.6 Å². The second-order valence-corrected chi connectivity index (χ2v) is 3.03. The van der Waals surface area contributed by atoms with Crippen molar-refractivity contribution in [3.8, 4) is 12.3 Å². The molecule has 0 amide bonds. The molecule has 86 valence electrons. The maximum Gasteiger partial charge on any atom is 0.360 e. The first kappa shape index (κ1) is 12.1. The molecule has 0 aliphatic carbocycles. The molecule has 16 heavy (non-hydrogen) atoms. The largest absolute Gasteiger partial charge is 0.461 e. The first-order chi connectivity index (χ1) is 7.71. The zero-order chi connectivity index (χ0) is 12.0. The molecule has 5 nitrogen and oxygen atoms in total. The molecule has 0 fully saturated rings. The molecule has 0 bridgehead atoms. The smallest absolute Gasteiger partial charge is 0.360 e. The van der Waals surface area contributed by atoms with Crippen LogP contribution in [0.1, 0.15) is 30.8 Å². The Labute approximate surface area is 94.2 Å². The number of nitrogens with zero attached hydrogens (tertiary/aromatic N) is 1. The molecule has 1 aromatic rings. The van der Waals surface area contributed by atoms with Gasteiger partial charge in [-0.25, -0.2) is 4.79 Å². The van der Waals surface area contributed by atoms with E-state index >= 15 is 0 Å². The first-order valence-corrected chi connectivity index (χ1v) is 5.06. The highest BCUT2D eigenvalue weighted by molar-refractivity contribution is 5.87. The summed E-state index contributed by atoms with van der Waals surface area (Å²) in [5, 5.41) is 2.87. The summed E-state index contributed by atoms with van der Waals surface area (Å²) >= 11 is 0. The molecule has 0 spiro atoms. The Morgan fingerprint density at radius 3 is 3.06 bits per heavy atom. The van der Waals surface area contributed by atoms with Gasteiger partial charge in [-0.15, -0.1) is 6.42 Å². The summed E-state index contributed by atoms with van der Waals surface area (Å²) in [6.45, 7) is 3.96. The van der Waals surface area contributed by atoms with Gasteiger partial charge in [0.2, 0.25) is 0 Å². The van der Waals surface area contributed by atoms with E-state index in [2.05, 4.69) is 16.2 Å². The molecule has 0 radical (unpaired) electrons. The number of carbonyl (C=O) groups excluding carboxylic acids is 1. The molecule has 1 unspecified atom stereocenters. The summed E-state index contributed by atoms with van der Waals surface area (Å²) in [5.74, 6) is 2.03. The Morgan fingerprint density at radius 1 is 1.75 bits per heavy atom. The number of hydrogen-bond acceptors (Lipinski definition) is 5. The summed E-state index contributed by atoms with van der Waals surface area (Å²) < 4.78 is 9.82. The third-order valence-electron chi connectivity index (χ3n) is 1.90. The molecule has 5 heteroatoms. The highest BCUT2D eigenvalue weighted by Crippen LogP contribution is 2.10. The Hall–Kier alpha value is -1.96. The van der Waals surface area contributed by atoms with Gasteiger partial charge in [-0.05, 0) is 13.3 Å². The molecule has 0 aromatic carbocycles. The quantitative estimate of drug-likeness (QED) is 0.606. The van der Waals surface area contributed by atoms with Crippen LogP contribution in [-0.2, 0) is 4.74 Å². The van der Waals surface area contributed by atoms with E-state index in [9.17, 15) is 4.79 Å². The van der Waals surface area contributed by atoms with E-state index in [1.807, 2.05) is 6.92 Å². The standard InChI is InChI=1S/C11H14N2O3/c1-4-8(5-2)12-11-13-9(7-16-11)10(14)15-6-3/h1,7-8H,5-6H2,2-3H3,(H,12,13). The lowest BCUT2D eigenvalue weighted by Gasteiger charge is -2.06. The minimum Gasteiger partial charge on any atom is -0.461 e. The highest BCUT2D eigenvalue weighted by atomic mass is 16.5. The Bertz CT molecular complexity index is 392. The van der Waals surface area contributed by atoms with Crippen LogP contribution in [0.3, 0.4) is 0 Å². The third kappa shape index (κ3) is 3.02. The number of rotatable bonds is 5. The predicted octanol–water partition coefficient (Wildman–Crippen LogP) is 1.68. The maximum atomic E-state index is 11.3. The van der Waals surface area contributed by atoms with E-state index in [4.69, 9.17) is 15.6 Å². The molecule has 1 rings (SSSR count). The number of aromatic nitrogens is 1. The van der Waals surface area contributed by atoms with Crippen molar-refractivity contribution in [1.82, 2.24) is 4.98 Å². The van der Waals surface area contributed by atoms with Gasteiger partial charge < -0.3 is 14.5 Å². The molecule has 0 saturated heterocycles. The number of hydrogen-bond donors (Lipinski definition) is 1. The normalized spacial score (nSPS) is 11.6. The van der Waals surface area contributed by atoms with E-state index in [-0.39, 0.29) is 17.8 Å². The van der Waals surface area contributed by atoms with Crippen molar-refractivity contribution in [2.75, 3.05) is 11.9 Å². The van der Waals surface area contributed by atoms with Gasteiger partial charge >= 0.3 is 5.97 Å². The maximum absolute atomic E-state index is 11.3. The fourth-order valence-corrected chi connectivity index (χ4v) is 1.05. The van der Waals surface area contributed by atoms with Crippen molar-refractivity contribution in [1.29, 1.82) is 0 Å². The fourth-order valence-electron chi connectivity index (χ4n) is 1.05. The Kier molecular flexibility index (Phi) is 4.40. The van der Waals surface area contributed by atoms with Crippen molar-refractivity contribution in [2.24, 2.45) is 0 Å². The fraction of sp³-hybridized carbons (Fsp3) is 0.455. The first-order valence-electron chi connectivity index (χ1n) is 5.06. The van der Waals surface area contributed by atoms with E-state index in [0.717, 1.165) is 6.42 Å². The van der Waals surface area contributed by atoms with E-state index < -0.39 is 5.97 Å². The highest BCUT2D eigenvalue weighted by Gasteiger charge is 2.14. The number of terminal acetylenes is 1. The molecule has 1 N–H and O–H groups in total. The van der Waals surface area contributed by atoms with Gasteiger partial charge in [0, 0.05) is 0 Å². The van der Waals surface area contributed by atoms with Crippen LogP contribution >= 0.6 is 0 Å². The number of anilines is 1. The minimum absolute atomic E-state index is 0.135. The van der Waals surface area contributed by atoms with Crippen LogP contribution in [-0.4, -0.2) is 23.6 Å². The lowest BCUT2D eigenvalue weighted by molar-refractivity contribution is 0.0519. The van der Waals surface area contributed by atoms with Gasteiger partial charge in [-0.1, -0.05) is 12.8 Å². The van der Waals surface area contributed by atoms with Crippen LogP contribution in [0.2, 0.25) is 0 Å².